The first kappa shape index (κ1) is 22.0. The minimum atomic E-state index is -0.777. The van der Waals surface area contributed by atoms with Gasteiger partial charge in [0.05, 0.1) is 24.3 Å². The molecule has 0 aliphatic carbocycles. The summed E-state index contributed by atoms with van der Waals surface area (Å²) in [6.45, 7) is 3.25. The van der Waals surface area contributed by atoms with E-state index in [1.165, 1.54) is 18.1 Å². The van der Waals surface area contributed by atoms with E-state index in [-0.39, 0.29) is 16.9 Å². The van der Waals surface area contributed by atoms with E-state index in [1.807, 2.05) is 6.92 Å². The number of methoxy groups -OCH3 is 1. The molecule has 0 bridgehead atoms. The Labute approximate surface area is 191 Å². The van der Waals surface area contributed by atoms with Crippen molar-refractivity contribution < 1.29 is 28.9 Å². The first-order chi connectivity index (χ1) is 15.5. The van der Waals surface area contributed by atoms with Crippen molar-refractivity contribution in [2.45, 2.75) is 25.8 Å². The SMILES string of the molecule is CCCCN1C(=O)C(=O)/C(=C(/O)c2cc(Cl)ccc2OC)C1c1ccc2c(c1)OCCO2. The highest BCUT2D eigenvalue weighted by atomic mass is 35.5. The number of ether oxygens (including phenoxy) is 3. The van der Waals surface area contributed by atoms with Crippen LogP contribution in [-0.2, 0) is 9.59 Å². The second kappa shape index (κ2) is 9.12. The van der Waals surface area contributed by atoms with Crippen molar-refractivity contribution in [3.63, 3.8) is 0 Å². The molecule has 2 aliphatic rings. The molecule has 1 N–H and O–H groups in total. The normalized spacial score (nSPS) is 19.3. The summed E-state index contributed by atoms with van der Waals surface area (Å²) in [5.41, 5.74) is 0.881. The van der Waals surface area contributed by atoms with Crippen LogP contribution >= 0.6 is 11.6 Å². The van der Waals surface area contributed by atoms with Crippen LogP contribution in [0.15, 0.2) is 42.0 Å². The highest BCUT2D eigenvalue weighted by molar-refractivity contribution is 6.46. The van der Waals surface area contributed by atoms with Gasteiger partial charge in [0.1, 0.15) is 24.7 Å². The van der Waals surface area contributed by atoms with Gasteiger partial charge in [-0.05, 0) is 42.3 Å². The van der Waals surface area contributed by atoms with Gasteiger partial charge >= 0.3 is 0 Å². The topological polar surface area (TPSA) is 85.3 Å². The molecule has 32 heavy (non-hydrogen) atoms. The summed E-state index contributed by atoms with van der Waals surface area (Å²) in [6.07, 6.45) is 1.56. The summed E-state index contributed by atoms with van der Waals surface area (Å²) in [6, 6.07) is 9.25. The van der Waals surface area contributed by atoms with Gasteiger partial charge in [0.2, 0.25) is 0 Å². The van der Waals surface area contributed by atoms with Crippen LogP contribution in [0.4, 0.5) is 0 Å². The number of Topliss-reactive ketones (excluding diaryl/α,β-unsaturated/α-hetero) is 1. The van der Waals surface area contributed by atoms with E-state index in [2.05, 4.69) is 0 Å². The fourth-order valence-electron chi connectivity index (χ4n) is 4.03. The zero-order valence-electron chi connectivity index (χ0n) is 17.9. The number of hydrogen-bond donors (Lipinski definition) is 1. The number of nitrogens with zero attached hydrogens (tertiary/aromatic N) is 1. The standard InChI is InChI=1S/C24H24ClNO6/c1-3-4-9-26-21(14-5-7-18-19(12-14)32-11-10-31-18)20(23(28)24(26)29)22(27)16-13-15(25)6-8-17(16)30-2/h5-8,12-13,21,27H,3-4,9-11H2,1-2H3/b22-20+. The zero-order chi connectivity index (χ0) is 22.8. The number of fused-ring (bicyclic) bond motifs is 1. The average Bonchev–Trinajstić information content (AvgIpc) is 3.06. The fourth-order valence-corrected chi connectivity index (χ4v) is 4.20. The molecule has 2 aliphatic heterocycles. The average molecular weight is 458 g/mol. The molecule has 4 rings (SSSR count). The van der Waals surface area contributed by atoms with E-state index in [4.69, 9.17) is 25.8 Å². The number of unbranched alkanes of at least 4 members (excludes halogenated alkanes) is 1. The van der Waals surface area contributed by atoms with Crippen molar-refractivity contribution in [1.82, 2.24) is 4.90 Å². The highest BCUT2D eigenvalue weighted by Crippen LogP contribution is 2.43. The number of aliphatic hydroxyl groups excluding tert-OH is 1. The molecule has 168 valence electrons. The Bertz CT molecular complexity index is 1100. The summed E-state index contributed by atoms with van der Waals surface area (Å²) >= 11 is 6.14. The molecule has 2 heterocycles. The van der Waals surface area contributed by atoms with Gasteiger partial charge in [0.15, 0.2) is 11.5 Å². The summed E-state index contributed by atoms with van der Waals surface area (Å²) in [5, 5.41) is 11.6. The van der Waals surface area contributed by atoms with Crippen LogP contribution in [0.3, 0.4) is 0 Å². The lowest BCUT2D eigenvalue weighted by atomic mass is 9.94. The molecule has 1 saturated heterocycles. The van der Waals surface area contributed by atoms with Crippen LogP contribution in [0.2, 0.25) is 5.02 Å². The molecule has 1 fully saturated rings. The van der Waals surface area contributed by atoms with Crippen molar-refractivity contribution >= 4 is 29.1 Å². The molecule has 1 atom stereocenters. The summed E-state index contributed by atoms with van der Waals surface area (Å²) in [7, 11) is 1.46. The van der Waals surface area contributed by atoms with Gasteiger partial charge in [-0.1, -0.05) is 31.0 Å². The van der Waals surface area contributed by atoms with E-state index in [0.29, 0.717) is 54.0 Å². The third kappa shape index (κ3) is 3.88. The van der Waals surface area contributed by atoms with Crippen LogP contribution in [0.1, 0.15) is 36.9 Å². The molecule has 2 aromatic rings. The number of aliphatic hydroxyl groups is 1. The van der Waals surface area contributed by atoms with Crippen LogP contribution in [-0.4, -0.2) is 48.6 Å². The lowest BCUT2D eigenvalue weighted by Crippen LogP contribution is -2.30. The minimum absolute atomic E-state index is 0.0108. The van der Waals surface area contributed by atoms with E-state index in [0.717, 1.165) is 6.42 Å². The molecule has 1 unspecified atom stereocenters. The van der Waals surface area contributed by atoms with Gasteiger partial charge in [0, 0.05) is 11.6 Å². The number of likely N-dealkylation sites (tertiary alicyclic amines) is 1. The Morgan fingerprint density at radius 2 is 1.91 bits per heavy atom. The van der Waals surface area contributed by atoms with Crippen molar-refractivity contribution in [2.75, 3.05) is 26.9 Å². The van der Waals surface area contributed by atoms with E-state index >= 15 is 0 Å². The Morgan fingerprint density at radius 1 is 1.16 bits per heavy atom. The molecule has 0 spiro atoms. The van der Waals surface area contributed by atoms with Crippen LogP contribution < -0.4 is 14.2 Å². The number of halogens is 1. The van der Waals surface area contributed by atoms with Crippen molar-refractivity contribution in [1.29, 1.82) is 0 Å². The van der Waals surface area contributed by atoms with Gasteiger partial charge in [-0.25, -0.2) is 0 Å². The number of carbonyl (C=O) groups is 2. The van der Waals surface area contributed by atoms with Crippen molar-refractivity contribution in [3.8, 4) is 17.2 Å². The van der Waals surface area contributed by atoms with Gasteiger partial charge < -0.3 is 24.2 Å². The van der Waals surface area contributed by atoms with E-state index in [1.54, 1.807) is 30.3 Å². The summed E-state index contributed by atoms with van der Waals surface area (Å²) < 4.78 is 16.6. The van der Waals surface area contributed by atoms with Gasteiger partial charge in [-0.3, -0.25) is 9.59 Å². The quantitative estimate of drug-likeness (QED) is 0.394. The molecule has 7 nitrogen and oxygen atoms in total. The molecule has 2 aromatic carbocycles. The van der Waals surface area contributed by atoms with E-state index < -0.39 is 17.7 Å². The van der Waals surface area contributed by atoms with Gasteiger partial charge in [-0.2, -0.15) is 0 Å². The number of amides is 1. The first-order valence-electron chi connectivity index (χ1n) is 10.5. The first-order valence-corrected chi connectivity index (χ1v) is 10.9. The Morgan fingerprint density at radius 3 is 2.62 bits per heavy atom. The van der Waals surface area contributed by atoms with Crippen LogP contribution in [0.25, 0.3) is 5.76 Å². The Kier molecular flexibility index (Phi) is 6.28. The third-order valence-corrected chi connectivity index (χ3v) is 5.83. The molecule has 0 aromatic heterocycles. The molecule has 1 amide bonds. The van der Waals surface area contributed by atoms with E-state index in [9.17, 15) is 14.7 Å². The lowest BCUT2D eigenvalue weighted by Gasteiger charge is -2.27. The number of benzene rings is 2. The maximum atomic E-state index is 13.1. The smallest absolute Gasteiger partial charge is 0.295 e. The van der Waals surface area contributed by atoms with Crippen LogP contribution in [0.5, 0.6) is 17.2 Å². The summed E-state index contributed by atoms with van der Waals surface area (Å²) in [4.78, 5) is 27.6. The molecule has 8 heteroatoms. The number of hydrogen-bond acceptors (Lipinski definition) is 6. The number of carbonyl (C=O) groups excluding carboxylic acids is 2. The maximum absolute atomic E-state index is 13.1. The Balaban J connectivity index is 1.89. The molecular weight excluding hydrogens is 434 g/mol. The number of rotatable bonds is 6. The summed E-state index contributed by atoms with van der Waals surface area (Å²) in [5.74, 6) is -0.257. The van der Waals surface area contributed by atoms with Crippen LogP contribution in [0, 0.1) is 0 Å². The monoisotopic (exact) mass is 457 g/mol. The van der Waals surface area contributed by atoms with Gasteiger partial charge in [-0.15, -0.1) is 0 Å². The third-order valence-electron chi connectivity index (χ3n) is 5.59. The fraction of sp³-hybridized carbons (Fsp3) is 0.333. The molecule has 0 saturated carbocycles. The second-order valence-electron chi connectivity index (χ2n) is 7.59. The lowest BCUT2D eigenvalue weighted by molar-refractivity contribution is -0.139. The number of ketones is 1. The predicted molar refractivity (Wildman–Crippen MR) is 119 cm³/mol. The largest absolute Gasteiger partial charge is 0.507 e. The van der Waals surface area contributed by atoms with Crippen molar-refractivity contribution in [2.24, 2.45) is 0 Å². The second-order valence-corrected chi connectivity index (χ2v) is 8.03. The van der Waals surface area contributed by atoms with Crippen molar-refractivity contribution in [3.05, 3.63) is 58.1 Å². The Hall–Kier alpha value is -3.19. The maximum Gasteiger partial charge on any atom is 0.295 e. The highest BCUT2D eigenvalue weighted by Gasteiger charge is 2.46. The molecule has 0 radical (unpaired) electrons. The zero-order valence-corrected chi connectivity index (χ0v) is 18.6. The van der Waals surface area contributed by atoms with Gasteiger partial charge in [0.25, 0.3) is 11.7 Å². The minimum Gasteiger partial charge on any atom is -0.507 e. The molecular formula is C24H24ClNO6. The predicted octanol–water partition coefficient (Wildman–Crippen LogP) is 4.34.